The molecule has 5 rings (SSSR count). The number of rotatable bonds is 9. The van der Waals surface area contributed by atoms with Crippen molar-refractivity contribution in [1.29, 1.82) is 0 Å². The maximum atomic E-state index is 14.4. The lowest BCUT2D eigenvalue weighted by atomic mass is 9.70. The Hall–Kier alpha value is -1.34. The maximum Gasteiger partial charge on any atom is 0.281 e. The number of hydrogen-bond donors (Lipinski definition) is 0. The molecule has 2 heterocycles. The Morgan fingerprint density at radius 3 is 1.98 bits per heavy atom. The Bertz CT molecular complexity index is 1410. The van der Waals surface area contributed by atoms with Crippen molar-refractivity contribution in [3.63, 3.8) is 0 Å². The Morgan fingerprint density at radius 1 is 0.792 bits per heavy atom. The second-order valence-electron chi connectivity index (χ2n) is 15.7. The third kappa shape index (κ3) is 8.75. The average Bonchev–Trinajstić information content (AvgIpc) is 3.06. The van der Waals surface area contributed by atoms with Gasteiger partial charge in [-0.25, -0.2) is 12.7 Å². The topological polar surface area (TPSA) is 84.5 Å². The molecule has 0 spiro atoms. The molecule has 4 atom stereocenters. The predicted molar refractivity (Wildman–Crippen MR) is 197 cm³/mol. The van der Waals surface area contributed by atoms with Gasteiger partial charge in [0.25, 0.3) is 10.2 Å². The van der Waals surface area contributed by atoms with E-state index in [0.29, 0.717) is 51.1 Å². The Morgan fingerprint density at radius 2 is 1.40 bits per heavy atom. The van der Waals surface area contributed by atoms with Crippen LogP contribution in [0.15, 0.2) is 42.5 Å². The first-order valence-corrected chi connectivity index (χ1v) is 21.6. The summed E-state index contributed by atoms with van der Waals surface area (Å²) >= 11 is 0. The molecular formula is C37H63N5O4S2. The first-order valence-electron chi connectivity index (χ1n) is 18.7. The largest absolute Gasteiger partial charge is 0.303 e. The van der Waals surface area contributed by atoms with Crippen LogP contribution < -0.4 is 0 Å². The first-order chi connectivity index (χ1) is 22.8. The van der Waals surface area contributed by atoms with Crippen molar-refractivity contribution < 1.29 is 16.8 Å². The van der Waals surface area contributed by atoms with Gasteiger partial charge in [0, 0.05) is 57.3 Å². The molecule has 48 heavy (non-hydrogen) atoms. The summed E-state index contributed by atoms with van der Waals surface area (Å²) in [4.78, 5) is 4.60. The van der Waals surface area contributed by atoms with Crippen LogP contribution in [-0.2, 0) is 20.2 Å². The number of likely N-dealkylation sites (N-methyl/N-ethyl adjacent to an activating group) is 1. The lowest BCUT2D eigenvalue weighted by molar-refractivity contribution is 0.164. The molecule has 1 saturated carbocycles. The summed E-state index contributed by atoms with van der Waals surface area (Å²) in [6, 6.07) is 10.5. The second-order valence-corrected chi connectivity index (χ2v) is 19.9. The number of sulfonamides is 1. The summed E-state index contributed by atoms with van der Waals surface area (Å²) in [5.41, 5.74) is 0.801. The second kappa shape index (κ2) is 16.3. The van der Waals surface area contributed by atoms with Crippen molar-refractivity contribution in [2.45, 2.75) is 95.8 Å². The van der Waals surface area contributed by atoms with Crippen molar-refractivity contribution in [1.82, 2.24) is 22.7 Å². The summed E-state index contributed by atoms with van der Waals surface area (Å²) in [6.45, 7) is 11.2. The number of piperidine rings is 1. The molecule has 0 amide bonds. The van der Waals surface area contributed by atoms with Crippen LogP contribution in [0.25, 0.3) is 0 Å². The molecule has 0 aromatic heterocycles. The summed E-state index contributed by atoms with van der Waals surface area (Å²) in [5, 5.41) is -0.591. The van der Waals surface area contributed by atoms with E-state index in [1.807, 2.05) is 34.0 Å². The highest BCUT2D eigenvalue weighted by Gasteiger charge is 2.50. The van der Waals surface area contributed by atoms with Crippen LogP contribution in [0, 0.1) is 17.3 Å². The normalized spacial score (nSPS) is 30.0. The van der Waals surface area contributed by atoms with Crippen LogP contribution >= 0.6 is 0 Å². The van der Waals surface area contributed by atoms with Gasteiger partial charge < -0.3 is 9.80 Å². The minimum Gasteiger partial charge on any atom is -0.303 e. The van der Waals surface area contributed by atoms with E-state index < -0.39 is 30.9 Å². The standard InChI is InChI=1S/C37H63N5O4S2/c1-31-28-41(47(43,44)32(2)37(3)21-18-36(37)38(4)5)24-12-22-39(30-33-14-8-6-9-15-33)23-13-25-42(29-31)48(45,46)40-26-19-35(20-27-40)34-16-10-7-11-17-34/h7,10-11,16-18,21,31-33,35-36H,6,8-9,12-15,19-20,22-30H2,1-5H3/t31?,32-,36?,37+/m1/s1. The fraction of sp³-hybridized carbons (Fsp3) is 0.784. The summed E-state index contributed by atoms with van der Waals surface area (Å²) in [7, 11) is -3.35. The third-order valence-electron chi connectivity index (χ3n) is 11.9. The van der Waals surface area contributed by atoms with Gasteiger partial charge in [-0.15, -0.1) is 0 Å². The number of hydrogen-bond acceptors (Lipinski definition) is 6. The van der Waals surface area contributed by atoms with Gasteiger partial charge in [-0.1, -0.05) is 75.6 Å². The quantitative estimate of drug-likeness (QED) is 0.327. The van der Waals surface area contributed by atoms with Crippen LogP contribution in [-0.4, -0.2) is 124 Å². The fourth-order valence-corrected chi connectivity index (χ4v) is 12.7. The van der Waals surface area contributed by atoms with Gasteiger partial charge in [0.15, 0.2) is 0 Å². The van der Waals surface area contributed by atoms with E-state index in [-0.39, 0.29) is 12.0 Å². The highest BCUT2D eigenvalue weighted by molar-refractivity contribution is 7.89. The van der Waals surface area contributed by atoms with Gasteiger partial charge in [-0.2, -0.15) is 17.0 Å². The third-order valence-corrected chi connectivity index (χ3v) is 16.4. The van der Waals surface area contributed by atoms with E-state index >= 15 is 0 Å². The van der Waals surface area contributed by atoms with Gasteiger partial charge in [0.2, 0.25) is 10.0 Å². The van der Waals surface area contributed by atoms with E-state index in [0.717, 1.165) is 45.3 Å². The lowest BCUT2D eigenvalue weighted by Crippen LogP contribution is -2.57. The molecule has 4 aliphatic rings. The van der Waals surface area contributed by atoms with Crippen LogP contribution in [0.4, 0.5) is 0 Å². The lowest BCUT2D eigenvalue weighted by Gasteiger charge is -2.48. The molecule has 0 bridgehead atoms. The van der Waals surface area contributed by atoms with Crippen molar-refractivity contribution in [2.24, 2.45) is 17.3 Å². The molecule has 272 valence electrons. The molecule has 0 N–H and O–H groups in total. The fourth-order valence-electron chi connectivity index (χ4n) is 8.79. The maximum absolute atomic E-state index is 14.4. The van der Waals surface area contributed by atoms with E-state index in [2.05, 4.69) is 53.1 Å². The van der Waals surface area contributed by atoms with E-state index in [1.165, 1.54) is 37.7 Å². The zero-order chi connectivity index (χ0) is 34.5. The van der Waals surface area contributed by atoms with Crippen molar-refractivity contribution in [3.8, 4) is 0 Å². The van der Waals surface area contributed by atoms with E-state index in [1.54, 1.807) is 12.9 Å². The molecule has 2 aliphatic heterocycles. The van der Waals surface area contributed by atoms with Crippen molar-refractivity contribution in [3.05, 3.63) is 48.0 Å². The Labute approximate surface area is 292 Å². The highest BCUT2D eigenvalue weighted by atomic mass is 32.2. The molecule has 2 saturated heterocycles. The summed E-state index contributed by atoms with van der Waals surface area (Å²) in [5.74, 6) is 0.901. The highest BCUT2D eigenvalue weighted by Crippen LogP contribution is 2.43. The molecule has 1 aromatic carbocycles. The van der Waals surface area contributed by atoms with Crippen molar-refractivity contribution in [2.75, 3.05) is 73.0 Å². The van der Waals surface area contributed by atoms with Crippen LogP contribution in [0.1, 0.15) is 90.0 Å². The molecule has 9 nitrogen and oxygen atoms in total. The molecular weight excluding hydrogens is 643 g/mol. The van der Waals surface area contributed by atoms with Gasteiger partial charge in [0.05, 0.1) is 5.25 Å². The predicted octanol–water partition coefficient (Wildman–Crippen LogP) is 5.25. The number of nitrogens with zero attached hydrogens (tertiary/aromatic N) is 5. The smallest absolute Gasteiger partial charge is 0.281 e. The van der Waals surface area contributed by atoms with Crippen molar-refractivity contribution >= 4 is 20.2 Å². The van der Waals surface area contributed by atoms with Crippen LogP contribution in [0.5, 0.6) is 0 Å². The summed E-state index contributed by atoms with van der Waals surface area (Å²) in [6.07, 6.45) is 13.7. The van der Waals surface area contributed by atoms with Gasteiger partial charge in [-0.05, 0) is 96.0 Å². The SMILES string of the molecule is CC1CN(S(=O)(=O)[C@H](C)[C@]2(C)C=CC2N(C)C)CCCN(CC2CCCCC2)CCCN(S(=O)(=O)N2CCC(c3ccccc3)CC2)C1. The molecule has 1 aromatic rings. The van der Waals surface area contributed by atoms with Crippen LogP contribution in [0.3, 0.4) is 0 Å². The van der Waals surface area contributed by atoms with Gasteiger partial charge >= 0.3 is 0 Å². The zero-order valence-corrected chi connectivity index (χ0v) is 32.0. The van der Waals surface area contributed by atoms with E-state index in [9.17, 15) is 16.8 Å². The minimum atomic E-state index is -3.70. The summed E-state index contributed by atoms with van der Waals surface area (Å²) < 4.78 is 62.6. The number of benzene rings is 1. The molecule has 2 unspecified atom stereocenters. The van der Waals surface area contributed by atoms with E-state index in [4.69, 9.17) is 0 Å². The monoisotopic (exact) mass is 705 g/mol. The van der Waals surface area contributed by atoms with Gasteiger partial charge in [-0.3, -0.25) is 0 Å². The molecule has 0 radical (unpaired) electrons. The minimum absolute atomic E-state index is 0.0600. The van der Waals surface area contributed by atoms with Crippen LogP contribution in [0.2, 0.25) is 0 Å². The average molecular weight is 706 g/mol. The van der Waals surface area contributed by atoms with Gasteiger partial charge in [0.1, 0.15) is 0 Å². The molecule has 11 heteroatoms. The first kappa shape index (κ1) is 37.9. The zero-order valence-electron chi connectivity index (χ0n) is 30.3. The molecule has 3 fully saturated rings. The Kier molecular flexibility index (Phi) is 12.9. The Balaban J connectivity index is 1.34. The molecule has 2 aliphatic carbocycles.